The van der Waals surface area contributed by atoms with E-state index in [0.29, 0.717) is 12.0 Å². The summed E-state index contributed by atoms with van der Waals surface area (Å²) < 4.78 is 1.92. The Labute approximate surface area is 159 Å². The van der Waals surface area contributed by atoms with Crippen LogP contribution in [-0.4, -0.2) is 64.8 Å². The minimum absolute atomic E-state index is 0.430. The van der Waals surface area contributed by atoms with Gasteiger partial charge in [0.25, 0.3) is 0 Å². The average molecular weight is 363 g/mol. The van der Waals surface area contributed by atoms with Gasteiger partial charge in [-0.15, -0.1) is 0 Å². The molecule has 1 aromatic rings. The third kappa shape index (κ3) is 5.73. The topological polar surface area (TPSA) is 48.7 Å². The summed E-state index contributed by atoms with van der Waals surface area (Å²) in [6, 6.07) is 0.697. The van der Waals surface area contributed by atoms with Crippen LogP contribution in [-0.2, 0) is 13.6 Å². The first-order chi connectivity index (χ1) is 12.4. The van der Waals surface area contributed by atoms with E-state index in [-0.39, 0.29) is 0 Å². The smallest absolute Gasteiger partial charge is 0.194 e. The van der Waals surface area contributed by atoms with Gasteiger partial charge in [0.1, 0.15) is 0 Å². The molecule has 6 heteroatoms. The lowest BCUT2D eigenvalue weighted by molar-refractivity contribution is 0.165. The van der Waals surface area contributed by atoms with Gasteiger partial charge in [0, 0.05) is 51.5 Å². The van der Waals surface area contributed by atoms with Gasteiger partial charge in [-0.1, -0.05) is 20.3 Å². The molecule has 0 aromatic carbocycles. The van der Waals surface area contributed by atoms with Gasteiger partial charge in [-0.05, 0) is 39.2 Å². The summed E-state index contributed by atoms with van der Waals surface area (Å²) >= 11 is 0. The van der Waals surface area contributed by atoms with Crippen molar-refractivity contribution in [2.45, 2.75) is 65.5 Å². The van der Waals surface area contributed by atoms with Crippen molar-refractivity contribution in [2.24, 2.45) is 12.0 Å². The number of rotatable bonds is 7. The van der Waals surface area contributed by atoms with E-state index >= 15 is 0 Å². The third-order valence-electron chi connectivity index (χ3n) is 5.18. The molecule has 1 aliphatic heterocycles. The molecule has 1 unspecified atom stereocenters. The lowest BCUT2D eigenvalue weighted by Gasteiger charge is -2.33. The van der Waals surface area contributed by atoms with Crippen LogP contribution in [0.15, 0.2) is 11.2 Å². The molecule has 0 radical (unpaired) electrons. The van der Waals surface area contributed by atoms with Crippen LogP contribution in [0.4, 0.5) is 0 Å². The maximum Gasteiger partial charge on any atom is 0.194 e. The van der Waals surface area contributed by atoms with Crippen LogP contribution in [0, 0.1) is 0 Å². The van der Waals surface area contributed by atoms with Crippen molar-refractivity contribution in [1.82, 2.24) is 24.9 Å². The summed E-state index contributed by atoms with van der Waals surface area (Å²) in [4.78, 5) is 9.67. The van der Waals surface area contributed by atoms with E-state index in [1.807, 2.05) is 11.7 Å². The lowest BCUT2D eigenvalue weighted by atomic mass is 10.0. The summed E-state index contributed by atoms with van der Waals surface area (Å²) in [5.74, 6) is 1.41. The summed E-state index contributed by atoms with van der Waals surface area (Å²) in [5, 5.41) is 8.06. The Morgan fingerprint density at radius 1 is 1.42 bits per heavy atom. The van der Waals surface area contributed by atoms with E-state index < -0.39 is 0 Å². The fraction of sp³-hybridized carbons (Fsp3) is 0.800. The summed E-state index contributed by atoms with van der Waals surface area (Å²) in [6.07, 6.45) is 6.15. The van der Waals surface area contributed by atoms with Crippen LogP contribution in [0.5, 0.6) is 0 Å². The molecule has 0 aliphatic carbocycles. The molecule has 148 valence electrons. The quantitative estimate of drug-likeness (QED) is 0.598. The maximum atomic E-state index is 4.88. The van der Waals surface area contributed by atoms with E-state index in [1.54, 1.807) is 0 Å². The molecule has 0 amide bonds. The fourth-order valence-corrected chi connectivity index (χ4v) is 3.74. The Morgan fingerprint density at radius 2 is 2.19 bits per heavy atom. The summed E-state index contributed by atoms with van der Waals surface area (Å²) in [7, 11) is 4.11. The molecule has 1 N–H and O–H groups in total. The van der Waals surface area contributed by atoms with Gasteiger partial charge in [-0.3, -0.25) is 14.6 Å². The maximum absolute atomic E-state index is 4.88. The van der Waals surface area contributed by atoms with Crippen LogP contribution in [0.3, 0.4) is 0 Å². The zero-order valence-electron chi connectivity index (χ0n) is 17.6. The second-order valence-corrected chi connectivity index (χ2v) is 7.84. The van der Waals surface area contributed by atoms with Crippen LogP contribution >= 0.6 is 0 Å². The number of nitrogens with zero attached hydrogens (tertiary/aromatic N) is 5. The highest BCUT2D eigenvalue weighted by molar-refractivity contribution is 5.79. The second kappa shape index (κ2) is 9.95. The van der Waals surface area contributed by atoms with Gasteiger partial charge in [0.15, 0.2) is 5.96 Å². The molecular weight excluding hydrogens is 324 g/mol. The van der Waals surface area contributed by atoms with Crippen LogP contribution < -0.4 is 5.32 Å². The molecule has 0 spiro atoms. The van der Waals surface area contributed by atoms with E-state index in [4.69, 9.17) is 4.99 Å². The largest absolute Gasteiger partial charge is 0.357 e. The van der Waals surface area contributed by atoms with Gasteiger partial charge in [0.2, 0.25) is 0 Å². The first kappa shape index (κ1) is 20.7. The molecule has 2 rings (SSSR count). The molecule has 26 heavy (non-hydrogen) atoms. The zero-order chi connectivity index (χ0) is 19.1. The minimum Gasteiger partial charge on any atom is -0.357 e. The Hall–Kier alpha value is -1.56. The summed E-state index contributed by atoms with van der Waals surface area (Å²) in [6.45, 7) is 13.7. The Balaban J connectivity index is 1.98. The standard InChI is InChI=1S/C20H38N6/c1-7-21-20(22-11-13-26-12-9-8-10-17(26)4)24(5)14-18-15-25(6)23-19(18)16(2)3/h15-17H,7-14H2,1-6H3,(H,21,22). The number of piperidine rings is 1. The van der Waals surface area contributed by atoms with Crippen molar-refractivity contribution in [3.05, 3.63) is 17.5 Å². The second-order valence-electron chi connectivity index (χ2n) is 7.84. The van der Waals surface area contributed by atoms with E-state index in [1.165, 1.54) is 37.1 Å². The highest BCUT2D eigenvalue weighted by Gasteiger charge is 2.18. The number of likely N-dealkylation sites (tertiary alicyclic amines) is 1. The Morgan fingerprint density at radius 3 is 2.85 bits per heavy atom. The number of hydrogen-bond acceptors (Lipinski definition) is 3. The first-order valence-electron chi connectivity index (χ1n) is 10.2. The molecule has 0 bridgehead atoms. The zero-order valence-corrected chi connectivity index (χ0v) is 17.6. The summed E-state index contributed by atoms with van der Waals surface area (Å²) in [5.41, 5.74) is 2.46. The Kier molecular flexibility index (Phi) is 7.94. The normalized spacial score (nSPS) is 19.2. The molecule has 0 saturated carbocycles. The van der Waals surface area contributed by atoms with Crippen LogP contribution in [0.25, 0.3) is 0 Å². The molecule has 1 aromatic heterocycles. The number of aliphatic imine (C=N–C) groups is 1. The van der Waals surface area contributed by atoms with Crippen molar-refractivity contribution in [3.63, 3.8) is 0 Å². The predicted molar refractivity (Wildman–Crippen MR) is 110 cm³/mol. The predicted octanol–water partition coefficient (Wildman–Crippen LogP) is 2.82. The van der Waals surface area contributed by atoms with Crippen LogP contribution in [0.1, 0.15) is 64.1 Å². The van der Waals surface area contributed by atoms with Crippen LogP contribution in [0.2, 0.25) is 0 Å². The molecule has 1 saturated heterocycles. The SMILES string of the molecule is CCNC(=NCCN1CCCCC1C)N(C)Cc1cn(C)nc1C(C)C. The van der Waals surface area contributed by atoms with Crippen molar-refractivity contribution in [3.8, 4) is 0 Å². The lowest BCUT2D eigenvalue weighted by Crippen LogP contribution is -2.41. The van der Waals surface area contributed by atoms with E-state index in [2.05, 4.69) is 61.2 Å². The van der Waals surface area contributed by atoms with Crippen molar-refractivity contribution in [1.29, 1.82) is 0 Å². The monoisotopic (exact) mass is 362 g/mol. The number of aromatic nitrogens is 2. The number of nitrogens with one attached hydrogen (secondary N) is 1. The van der Waals surface area contributed by atoms with Gasteiger partial charge >= 0.3 is 0 Å². The van der Waals surface area contributed by atoms with E-state index in [9.17, 15) is 0 Å². The molecule has 6 nitrogen and oxygen atoms in total. The Bertz CT molecular complexity index is 577. The van der Waals surface area contributed by atoms with Crippen molar-refractivity contribution in [2.75, 3.05) is 33.2 Å². The molecule has 1 atom stereocenters. The van der Waals surface area contributed by atoms with Gasteiger partial charge in [0.05, 0.1) is 12.2 Å². The van der Waals surface area contributed by atoms with E-state index in [0.717, 1.165) is 32.1 Å². The van der Waals surface area contributed by atoms with Crippen molar-refractivity contribution >= 4 is 5.96 Å². The van der Waals surface area contributed by atoms with Crippen molar-refractivity contribution < 1.29 is 0 Å². The molecule has 1 aliphatic rings. The van der Waals surface area contributed by atoms with Gasteiger partial charge < -0.3 is 10.2 Å². The average Bonchev–Trinajstić information content (AvgIpc) is 2.96. The highest BCUT2D eigenvalue weighted by Crippen LogP contribution is 2.19. The van der Waals surface area contributed by atoms with Gasteiger partial charge in [-0.25, -0.2) is 0 Å². The number of hydrogen-bond donors (Lipinski definition) is 1. The van der Waals surface area contributed by atoms with Gasteiger partial charge in [-0.2, -0.15) is 5.10 Å². The fourth-order valence-electron chi connectivity index (χ4n) is 3.74. The molecular formula is C20H38N6. The number of guanidine groups is 1. The minimum atomic E-state index is 0.430. The third-order valence-corrected chi connectivity index (χ3v) is 5.18. The first-order valence-corrected chi connectivity index (χ1v) is 10.2. The number of aryl methyl sites for hydroxylation is 1. The molecule has 1 fully saturated rings. The highest BCUT2D eigenvalue weighted by atomic mass is 15.3. The molecule has 2 heterocycles.